The first-order chi connectivity index (χ1) is 18.4. The number of hydrogen-bond donors (Lipinski definition) is 3. The second kappa shape index (κ2) is 10.2. The minimum Gasteiger partial charge on any atom is -0.354 e. The van der Waals surface area contributed by atoms with Crippen LogP contribution in [0.3, 0.4) is 0 Å². The lowest BCUT2D eigenvalue weighted by Crippen LogP contribution is -2.46. The molecule has 0 aliphatic rings. The Balaban J connectivity index is 1.56. The number of nitrogens with one attached hydrogen (secondary N) is 3. The summed E-state index contributed by atoms with van der Waals surface area (Å²) in [7, 11) is -6.30. The maximum Gasteiger partial charge on any atom is 0.261 e. The smallest absolute Gasteiger partial charge is 0.261 e. The number of halogens is 1. The van der Waals surface area contributed by atoms with E-state index in [1.54, 1.807) is 50.2 Å². The van der Waals surface area contributed by atoms with Crippen LogP contribution in [0, 0.1) is 5.82 Å². The number of aromatic amines is 1. The number of aromatic nitrogens is 1. The van der Waals surface area contributed by atoms with Gasteiger partial charge in [0.1, 0.15) is 5.82 Å². The summed E-state index contributed by atoms with van der Waals surface area (Å²) in [6.45, 7) is 13.3. The zero-order valence-electron chi connectivity index (χ0n) is 23.6. The highest BCUT2D eigenvalue weighted by molar-refractivity contribution is 7.89. The minimum absolute atomic E-state index is 0.00819. The quantitative estimate of drug-likeness (QED) is 0.147. The van der Waals surface area contributed by atoms with Crippen LogP contribution in [-0.2, 0) is 20.1 Å². The molecule has 0 aliphatic carbocycles. The van der Waals surface area contributed by atoms with Crippen LogP contribution in [0.15, 0.2) is 70.4 Å². The van der Waals surface area contributed by atoms with Gasteiger partial charge < -0.3 is 14.8 Å². The van der Waals surface area contributed by atoms with Crippen LogP contribution in [0.1, 0.15) is 50.5 Å². The minimum atomic E-state index is -3.93. The summed E-state index contributed by atoms with van der Waals surface area (Å²) in [5.41, 5.74) is -0.00595. The van der Waals surface area contributed by atoms with Gasteiger partial charge in [0.05, 0.1) is 21.5 Å². The molecular weight excluding hydrogens is 549 g/mol. The summed E-state index contributed by atoms with van der Waals surface area (Å²) in [5, 5.41) is 3.20. The van der Waals surface area contributed by atoms with Crippen LogP contribution < -0.4 is 15.6 Å². The molecule has 40 heavy (non-hydrogen) atoms. The molecule has 1 amide bonds. The second-order valence-corrected chi connectivity index (χ2v) is 18.3. The normalized spacial score (nSPS) is 13.1. The summed E-state index contributed by atoms with van der Waals surface area (Å²) in [6, 6.07) is 15.3. The number of pyridine rings is 1. The summed E-state index contributed by atoms with van der Waals surface area (Å²) >= 11 is 0. The van der Waals surface area contributed by atoms with Gasteiger partial charge in [-0.25, -0.2) is 12.8 Å². The molecule has 0 aliphatic heterocycles. The van der Waals surface area contributed by atoms with Gasteiger partial charge in [0.2, 0.25) is 8.32 Å². The molecule has 3 aromatic carbocycles. The van der Waals surface area contributed by atoms with Gasteiger partial charge in [0.15, 0.2) is 5.43 Å². The summed E-state index contributed by atoms with van der Waals surface area (Å²) in [6.07, 6.45) is 0. The average molecular weight is 584 g/mol. The fourth-order valence-corrected chi connectivity index (χ4v) is 6.12. The van der Waals surface area contributed by atoms with Gasteiger partial charge in [-0.1, -0.05) is 45.0 Å². The topological polar surface area (TPSA) is 117 Å². The monoisotopic (exact) mass is 583 g/mol. The zero-order chi connectivity index (χ0) is 29.7. The Morgan fingerprint density at radius 2 is 1.55 bits per heavy atom. The van der Waals surface area contributed by atoms with Crippen LogP contribution in [0.5, 0.6) is 0 Å². The first-order valence-electron chi connectivity index (χ1n) is 12.8. The van der Waals surface area contributed by atoms with Crippen molar-refractivity contribution in [3.8, 4) is 0 Å². The third kappa shape index (κ3) is 5.73. The molecule has 4 rings (SSSR count). The zero-order valence-corrected chi connectivity index (χ0v) is 25.4. The van der Waals surface area contributed by atoms with Crippen LogP contribution in [0.25, 0.3) is 21.8 Å². The first-order valence-corrected chi connectivity index (χ1v) is 17.2. The average Bonchev–Trinajstić information content (AvgIpc) is 2.87. The van der Waals surface area contributed by atoms with Crippen LogP contribution in [0.2, 0.25) is 18.1 Å². The number of benzene rings is 3. The van der Waals surface area contributed by atoms with Gasteiger partial charge in [0.25, 0.3) is 15.9 Å². The fourth-order valence-electron chi connectivity index (χ4n) is 3.95. The predicted octanol–water partition coefficient (Wildman–Crippen LogP) is 5.70. The maximum absolute atomic E-state index is 15.0. The Bertz CT molecular complexity index is 1780. The Hall–Kier alpha value is -3.38. The molecule has 0 saturated carbocycles. The molecule has 4 aromatic rings. The number of H-pyrrole nitrogens is 1. The molecule has 0 spiro atoms. The van der Waals surface area contributed by atoms with Crippen molar-refractivity contribution in [1.29, 1.82) is 0 Å². The van der Waals surface area contributed by atoms with Gasteiger partial charge >= 0.3 is 0 Å². The molecule has 0 unspecified atom stereocenters. The highest BCUT2D eigenvalue weighted by atomic mass is 32.2. The lowest BCUT2D eigenvalue weighted by atomic mass is 9.93. The van der Waals surface area contributed by atoms with Gasteiger partial charge in [-0.2, -0.15) is 0 Å². The van der Waals surface area contributed by atoms with Gasteiger partial charge in [0, 0.05) is 16.3 Å². The Morgan fingerprint density at radius 3 is 2.17 bits per heavy atom. The molecule has 0 fully saturated rings. The summed E-state index contributed by atoms with van der Waals surface area (Å²) in [4.78, 5) is 31.4. The number of sulfonamides is 1. The Labute approximate surface area is 234 Å². The Kier molecular flexibility index (Phi) is 7.56. The molecule has 11 heteroatoms. The third-order valence-corrected chi connectivity index (χ3v) is 13.1. The lowest BCUT2D eigenvalue weighted by Gasteiger charge is -2.35. The van der Waals surface area contributed by atoms with E-state index in [2.05, 4.69) is 15.2 Å². The van der Waals surface area contributed by atoms with Crippen molar-refractivity contribution in [2.45, 2.75) is 63.2 Å². The van der Waals surface area contributed by atoms with Crippen LogP contribution >= 0.6 is 0 Å². The van der Waals surface area contributed by atoms with Gasteiger partial charge in [-0.05, 0) is 73.9 Å². The molecule has 0 atom stereocenters. The van der Waals surface area contributed by atoms with E-state index < -0.39 is 35.6 Å². The number of rotatable bonds is 7. The van der Waals surface area contributed by atoms with E-state index in [0.717, 1.165) is 6.07 Å². The highest BCUT2D eigenvalue weighted by Crippen LogP contribution is 2.36. The fraction of sp³-hybridized carbons (Fsp3) is 0.310. The van der Waals surface area contributed by atoms with E-state index in [0.29, 0.717) is 22.0 Å². The van der Waals surface area contributed by atoms with Crippen LogP contribution in [-0.4, -0.2) is 27.6 Å². The number of carbonyl (C=O) groups excluding carboxylic acids is 1. The second-order valence-electron chi connectivity index (χ2n) is 11.9. The van der Waals surface area contributed by atoms with E-state index in [-0.39, 0.29) is 26.3 Å². The van der Waals surface area contributed by atoms with E-state index >= 15 is 4.39 Å². The number of fused-ring (bicyclic) bond motifs is 2. The van der Waals surface area contributed by atoms with Crippen molar-refractivity contribution < 1.29 is 22.1 Å². The molecule has 1 heterocycles. The maximum atomic E-state index is 15.0. The van der Waals surface area contributed by atoms with Crippen molar-refractivity contribution in [3.63, 3.8) is 0 Å². The number of para-hydroxylation sites is 1. The standard InChI is InChI=1S/C29H34FN3O5SSi/c1-28(2,3)40(6,7)38-33-39(36,37)19-14-12-18(13-15-19)29(4,5)32-27(35)21-17-25-22(16-23(21)30)26(34)20-10-8-9-11-24(20)31-25/h8-17,33H,1-7H3,(H,31,34)(H,32,35). The predicted molar refractivity (Wildman–Crippen MR) is 158 cm³/mol. The van der Waals surface area contributed by atoms with Crippen molar-refractivity contribution in [2.75, 3.05) is 0 Å². The number of hydrogen-bond acceptors (Lipinski definition) is 5. The molecular formula is C29H34FN3O5SSi. The molecule has 212 valence electrons. The van der Waals surface area contributed by atoms with Crippen molar-refractivity contribution >= 4 is 46.1 Å². The Morgan fingerprint density at radius 1 is 0.925 bits per heavy atom. The first kappa shape index (κ1) is 29.6. The van der Waals surface area contributed by atoms with E-state index in [1.807, 2.05) is 33.9 Å². The molecule has 0 radical (unpaired) electrons. The van der Waals surface area contributed by atoms with Gasteiger partial charge in [-0.3, -0.25) is 9.59 Å². The van der Waals surface area contributed by atoms with E-state index in [4.69, 9.17) is 4.53 Å². The van der Waals surface area contributed by atoms with Gasteiger partial charge in [-0.15, -0.1) is 4.89 Å². The van der Waals surface area contributed by atoms with Crippen molar-refractivity contribution in [1.82, 2.24) is 15.2 Å². The molecule has 1 aromatic heterocycles. The molecule has 8 nitrogen and oxygen atoms in total. The van der Waals surface area contributed by atoms with Crippen molar-refractivity contribution in [2.24, 2.45) is 0 Å². The van der Waals surface area contributed by atoms with Crippen LogP contribution in [0.4, 0.5) is 4.39 Å². The lowest BCUT2D eigenvalue weighted by molar-refractivity contribution is 0.0908. The largest absolute Gasteiger partial charge is 0.354 e. The highest BCUT2D eigenvalue weighted by Gasteiger charge is 2.39. The molecule has 0 bridgehead atoms. The number of amides is 1. The third-order valence-electron chi connectivity index (χ3n) is 7.56. The van der Waals surface area contributed by atoms with E-state index in [1.165, 1.54) is 18.2 Å². The van der Waals surface area contributed by atoms with Crippen molar-refractivity contribution in [3.05, 3.63) is 87.8 Å². The van der Waals surface area contributed by atoms with E-state index in [9.17, 15) is 18.0 Å². The SMILES string of the molecule is CC(C)(NC(=O)c1cc2[nH]c3ccccc3c(=O)c2cc1F)c1ccc(S(=O)(=O)NO[Si](C)(C)C(C)(C)C)cc1. The molecule has 3 N–H and O–H groups in total. The number of carbonyl (C=O) groups is 1. The molecule has 0 saturated heterocycles. The summed E-state index contributed by atoms with van der Waals surface area (Å²) in [5.74, 6) is -1.50. The summed E-state index contributed by atoms with van der Waals surface area (Å²) < 4.78 is 46.4.